The van der Waals surface area contributed by atoms with Gasteiger partial charge >= 0.3 is 11.9 Å². The molecule has 11 N–H and O–H groups in total. The van der Waals surface area contributed by atoms with Gasteiger partial charge in [-0.25, -0.2) is 4.79 Å². The Bertz CT molecular complexity index is 757. The number of aliphatic carboxylic acids is 2. The maximum Gasteiger partial charge on any atom is 0.326 e. The fourth-order valence-corrected chi connectivity index (χ4v) is 2.35. The summed E-state index contributed by atoms with van der Waals surface area (Å²) in [4.78, 5) is 80.5. The van der Waals surface area contributed by atoms with Crippen LogP contribution in [0.2, 0.25) is 0 Å². The van der Waals surface area contributed by atoms with Gasteiger partial charge in [0.15, 0.2) is 0 Å². The topological polar surface area (TPSA) is 274 Å². The number of carbonyl (C=O) groups excluding carboxylic acids is 5. The van der Waals surface area contributed by atoms with E-state index in [0.29, 0.717) is 0 Å². The van der Waals surface area contributed by atoms with E-state index in [0.717, 1.165) is 0 Å². The zero-order valence-corrected chi connectivity index (χ0v) is 17.3. The Morgan fingerprint density at radius 2 is 1.28 bits per heavy atom. The number of carbonyl (C=O) groups is 7. The van der Waals surface area contributed by atoms with Crippen LogP contribution in [-0.4, -0.2) is 75.9 Å². The highest BCUT2D eigenvalue weighted by molar-refractivity contribution is 5.95. The maximum absolute atomic E-state index is 12.5. The van der Waals surface area contributed by atoms with Crippen LogP contribution in [0.5, 0.6) is 0 Å². The van der Waals surface area contributed by atoms with E-state index in [9.17, 15) is 33.6 Å². The number of amides is 5. The number of primary amides is 2. The number of nitrogens with one attached hydrogen (secondary N) is 3. The van der Waals surface area contributed by atoms with Gasteiger partial charge in [-0.1, -0.05) is 0 Å². The molecule has 0 rings (SSSR count). The van der Waals surface area contributed by atoms with Crippen LogP contribution in [0.3, 0.4) is 0 Å². The number of rotatable bonds is 15. The van der Waals surface area contributed by atoms with Crippen molar-refractivity contribution in [1.82, 2.24) is 16.0 Å². The van der Waals surface area contributed by atoms with Gasteiger partial charge in [0, 0.05) is 12.8 Å². The van der Waals surface area contributed by atoms with Crippen molar-refractivity contribution in [1.29, 1.82) is 0 Å². The Kier molecular flexibility index (Phi) is 11.9. The van der Waals surface area contributed by atoms with Crippen molar-refractivity contribution in [2.45, 2.75) is 63.2 Å². The lowest BCUT2D eigenvalue weighted by Gasteiger charge is -2.23. The van der Waals surface area contributed by atoms with Crippen molar-refractivity contribution >= 4 is 41.5 Å². The lowest BCUT2D eigenvalue weighted by atomic mass is 10.1. The van der Waals surface area contributed by atoms with E-state index in [1.54, 1.807) is 0 Å². The first-order chi connectivity index (χ1) is 14.7. The van der Waals surface area contributed by atoms with E-state index in [1.165, 1.54) is 6.92 Å². The van der Waals surface area contributed by atoms with Crippen molar-refractivity contribution in [2.75, 3.05) is 0 Å². The fraction of sp³-hybridized carbons (Fsp3) is 0.588. The highest BCUT2D eigenvalue weighted by Crippen LogP contribution is 2.02. The molecule has 0 radical (unpaired) electrons. The molecule has 0 fully saturated rings. The van der Waals surface area contributed by atoms with E-state index in [-0.39, 0.29) is 19.3 Å². The van der Waals surface area contributed by atoms with Crippen molar-refractivity contribution in [3.63, 3.8) is 0 Å². The van der Waals surface area contributed by atoms with Gasteiger partial charge in [-0.15, -0.1) is 0 Å². The number of hydrogen-bond donors (Lipinski definition) is 8. The summed E-state index contributed by atoms with van der Waals surface area (Å²) in [6.07, 6.45) is -1.94. The van der Waals surface area contributed by atoms with Crippen molar-refractivity contribution < 1.29 is 43.8 Å². The van der Waals surface area contributed by atoms with E-state index in [1.807, 2.05) is 0 Å². The standard InChI is InChI=1S/C17H28N6O9/c1-7(14(28)23-10(17(31)32)3-5-13(26)27)21-16(30)9(2-4-11(19)24)22-15(29)8(18)6-12(20)25/h7-10H,2-6,18H2,1H3,(H2,19,24)(H2,20,25)(H,21,30)(H,22,29)(H,23,28)(H,26,27)(H,31,32). The average molecular weight is 460 g/mol. The van der Waals surface area contributed by atoms with Crippen LogP contribution in [0.4, 0.5) is 0 Å². The minimum atomic E-state index is -1.50. The molecule has 15 nitrogen and oxygen atoms in total. The minimum Gasteiger partial charge on any atom is -0.481 e. The van der Waals surface area contributed by atoms with E-state index >= 15 is 0 Å². The van der Waals surface area contributed by atoms with Crippen LogP contribution in [-0.2, 0) is 33.6 Å². The van der Waals surface area contributed by atoms with Gasteiger partial charge in [0.1, 0.15) is 18.1 Å². The lowest BCUT2D eigenvalue weighted by molar-refractivity contribution is -0.143. The molecule has 5 amide bonds. The zero-order chi connectivity index (χ0) is 25.0. The Morgan fingerprint density at radius 3 is 1.75 bits per heavy atom. The third kappa shape index (κ3) is 11.4. The summed E-state index contributed by atoms with van der Waals surface area (Å²) >= 11 is 0. The number of carboxylic acids is 2. The Hall–Kier alpha value is -3.75. The smallest absolute Gasteiger partial charge is 0.326 e. The molecule has 32 heavy (non-hydrogen) atoms. The summed E-state index contributed by atoms with van der Waals surface area (Å²) in [5, 5.41) is 24.3. The molecule has 4 atom stereocenters. The van der Waals surface area contributed by atoms with Crippen LogP contribution in [0.15, 0.2) is 0 Å². The lowest BCUT2D eigenvalue weighted by Crippen LogP contribution is -2.56. The van der Waals surface area contributed by atoms with Crippen molar-refractivity contribution in [2.24, 2.45) is 17.2 Å². The number of nitrogens with two attached hydrogens (primary N) is 3. The molecule has 0 aromatic carbocycles. The summed E-state index contributed by atoms with van der Waals surface area (Å²) in [5.74, 6) is -7.10. The van der Waals surface area contributed by atoms with Crippen molar-refractivity contribution in [3.05, 3.63) is 0 Å². The normalized spacial score (nSPS) is 14.2. The minimum absolute atomic E-state index is 0.249. The third-order valence-electron chi connectivity index (χ3n) is 4.08. The highest BCUT2D eigenvalue weighted by Gasteiger charge is 2.29. The molecule has 0 heterocycles. The van der Waals surface area contributed by atoms with Gasteiger partial charge in [-0.3, -0.25) is 28.8 Å². The molecular formula is C17H28N6O9. The summed E-state index contributed by atoms with van der Waals surface area (Å²) in [7, 11) is 0. The molecule has 4 unspecified atom stereocenters. The van der Waals surface area contributed by atoms with Gasteiger partial charge < -0.3 is 43.4 Å². The third-order valence-corrected chi connectivity index (χ3v) is 4.08. The second kappa shape index (κ2) is 13.5. The van der Waals surface area contributed by atoms with Gasteiger partial charge in [0.05, 0.1) is 12.5 Å². The monoisotopic (exact) mass is 460 g/mol. The summed E-state index contributed by atoms with van der Waals surface area (Å²) in [5.41, 5.74) is 15.5. The summed E-state index contributed by atoms with van der Waals surface area (Å²) in [6, 6.07) is -5.51. The molecule has 0 saturated carbocycles. The largest absolute Gasteiger partial charge is 0.481 e. The summed E-state index contributed by atoms with van der Waals surface area (Å²) in [6.45, 7) is 1.22. The molecule has 180 valence electrons. The zero-order valence-electron chi connectivity index (χ0n) is 17.3. The second-order valence-electron chi connectivity index (χ2n) is 6.91. The first kappa shape index (κ1) is 28.2. The van der Waals surface area contributed by atoms with Gasteiger partial charge in [-0.2, -0.15) is 0 Å². The quantitative estimate of drug-likeness (QED) is 0.117. The predicted octanol–water partition coefficient (Wildman–Crippen LogP) is -4.12. The second-order valence-corrected chi connectivity index (χ2v) is 6.91. The SMILES string of the molecule is CC(NC(=O)C(CCC(N)=O)NC(=O)C(N)CC(N)=O)C(=O)NC(CCC(=O)O)C(=O)O. The maximum atomic E-state index is 12.5. The predicted molar refractivity (Wildman–Crippen MR) is 106 cm³/mol. The van der Waals surface area contributed by atoms with Crippen LogP contribution < -0.4 is 33.2 Å². The van der Waals surface area contributed by atoms with Crippen LogP contribution in [0.1, 0.15) is 39.0 Å². The molecule has 0 aromatic rings. The van der Waals surface area contributed by atoms with Gasteiger partial charge in [-0.05, 0) is 19.8 Å². The van der Waals surface area contributed by atoms with Gasteiger partial charge in [0.2, 0.25) is 29.5 Å². The Balaban J connectivity index is 5.14. The molecule has 0 saturated heterocycles. The summed E-state index contributed by atoms with van der Waals surface area (Å²) < 4.78 is 0. The molecular weight excluding hydrogens is 432 g/mol. The van der Waals surface area contributed by atoms with Gasteiger partial charge in [0.25, 0.3) is 0 Å². The van der Waals surface area contributed by atoms with E-state index in [2.05, 4.69) is 16.0 Å². The Morgan fingerprint density at radius 1 is 0.750 bits per heavy atom. The van der Waals surface area contributed by atoms with Crippen LogP contribution in [0.25, 0.3) is 0 Å². The fourth-order valence-electron chi connectivity index (χ4n) is 2.35. The number of carboxylic acid groups (broad SMARTS) is 2. The van der Waals surface area contributed by atoms with Crippen LogP contribution in [0, 0.1) is 0 Å². The molecule has 0 bridgehead atoms. The molecule has 0 aromatic heterocycles. The first-order valence-electron chi connectivity index (χ1n) is 9.42. The van der Waals surface area contributed by atoms with E-state index < -0.39 is 78.5 Å². The molecule has 0 aliphatic carbocycles. The average Bonchev–Trinajstić information content (AvgIpc) is 2.66. The molecule has 0 aliphatic rings. The molecule has 0 spiro atoms. The van der Waals surface area contributed by atoms with E-state index in [4.69, 9.17) is 27.4 Å². The molecule has 15 heteroatoms. The molecule has 0 aliphatic heterocycles. The highest BCUT2D eigenvalue weighted by atomic mass is 16.4. The van der Waals surface area contributed by atoms with Crippen molar-refractivity contribution in [3.8, 4) is 0 Å². The number of hydrogen-bond acceptors (Lipinski definition) is 8. The Labute approximate surface area is 182 Å². The van der Waals surface area contributed by atoms with Crippen LogP contribution >= 0.6 is 0 Å². The first-order valence-corrected chi connectivity index (χ1v) is 9.42.